The van der Waals surface area contributed by atoms with Crippen molar-refractivity contribution in [2.24, 2.45) is 7.05 Å². The summed E-state index contributed by atoms with van der Waals surface area (Å²) >= 11 is 4.14. The molecule has 4 heterocycles. The lowest BCUT2D eigenvalue weighted by molar-refractivity contribution is -0.150. The molecule has 4 rings (SSSR count). The van der Waals surface area contributed by atoms with E-state index in [1.54, 1.807) is 14.0 Å². The SMILES string of the molecule is Cc1cc(=O)n(C)c(SCC2=C(C(=O)O)N3C(=O)[C@@H](NC(=O)Cc4cccs4)[C@@H]3SC2)n1. The average Bonchev–Trinajstić information content (AvgIpc) is 3.25. The minimum absolute atomic E-state index is 0.0485. The maximum Gasteiger partial charge on any atom is 0.352 e. The van der Waals surface area contributed by atoms with Crippen molar-refractivity contribution in [1.29, 1.82) is 0 Å². The molecule has 0 radical (unpaired) electrons. The zero-order valence-electron chi connectivity index (χ0n) is 17.2. The van der Waals surface area contributed by atoms with Crippen LogP contribution in [0.4, 0.5) is 0 Å². The summed E-state index contributed by atoms with van der Waals surface area (Å²) in [4.78, 5) is 55.5. The number of fused-ring (bicyclic) bond motifs is 1. The lowest BCUT2D eigenvalue weighted by Gasteiger charge is -2.49. The molecular weight excluding hydrogens is 472 g/mol. The molecule has 0 aromatic carbocycles. The number of carbonyl (C=O) groups excluding carboxylic acids is 2. The third-order valence-corrected chi connectivity index (χ3v) is 8.41. The fourth-order valence-corrected chi connectivity index (χ4v) is 6.71. The zero-order valence-corrected chi connectivity index (χ0v) is 19.7. The molecule has 2 aliphatic rings. The van der Waals surface area contributed by atoms with Gasteiger partial charge in [-0.05, 0) is 23.9 Å². The van der Waals surface area contributed by atoms with Gasteiger partial charge in [-0.3, -0.25) is 23.9 Å². The van der Waals surface area contributed by atoms with Gasteiger partial charge in [0.2, 0.25) is 5.91 Å². The molecule has 12 heteroatoms. The largest absolute Gasteiger partial charge is 0.477 e. The van der Waals surface area contributed by atoms with Crippen LogP contribution in [-0.4, -0.2) is 60.3 Å². The number of carboxylic acids is 1. The number of nitrogens with one attached hydrogen (secondary N) is 1. The summed E-state index contributed by atoms with van der Waals surface area (Å²) in [6, 6.07) is 4.39. The second kappa shape index (κ2) is 9.12. The van der Waals surface area contributed by atoms with Crippen LogP contribution in [0.2, 0.25) is 0 Å². The highest BCUT2D eigenvalue weighted by Crippen LogP contribution is 2.41. The number of carboxylic acid groups (broad SMARTS) is 1. The summed E-state index contributed by atoms with van der Waals surface area (Å²) in [5, 5.41) is 14.5. The van der Waals surface area contributed by atoms with E-state index in [0.717, 1.165) is 4.88 Å². The highest BCUT2D eigenvalue weighted by Gasteiger charge is 2.54. The number of rotatable bonds is 7. The first-order valence-corrected chi connectivity index (χ1v) is 12.6. The number of β-lactam (4-membered cyclic amide) rings is 1. The van der Waals surface area contributed by atoms with Crippen molar-refractivity contribution in [2.75, 3.05) is 11.5 Å². The number of amides is 2. The molecule has 2 amide bonds. The highest BCUT2D eigenvalue weighted by atomic mass is 32.2. The van der Waals surface area contributed by atoms with Crippen molar-refractivity contribution in [3.8, 4) is 0 Å². The first-order chi connectivity index (χ1) is 15.3. The van der Waals surface area contributed by atoms with Gasteiger partial charge in [0.05, 0.1) is 6.42 Å². The normalized spacial score (nSPS) is 20.1. The Bertz CT molecular complexity index is 1170. The monoisotopic (exact) mass is 492 g/mol. The van der Waals surface area contributed by atoms with Crippen molar-refractivity contribution in [2.45, 2.75) is 29.9 Å². The third-order valence-electron chi connectivity index (χ3n) is 5.08. The standard InChI is InChI=1S/C20H20N4O5S3/c1-10-6-14(26)23(2)20(21-10)32-9-11-8-31-18-15(17(27)24(18)16(11)19(28)29)22-13(25)7-12-4-3-5-30-12/h3-6,15,18H,7-9H2,1-2H3,(H,22,25)(H,28,29)/t15-,18+/m1/s1. The summed E-state index contributed by atoms with van der Waals surface area (Å²) < 4.78 is 1.41. The van der Waals surface area contributed by atoms with E-state index < -0.39 is 23.3 Å². The van der Waals surface area contributed by atoms with Crippen LogP contribution in [0.25, 0.3) is 0 Å². The van der Waals surface area contributed by atoms with Gasteiger partial charge in [-0.25, -0.2) is 9.78 Å². The van der Waals surface area contributed by atoms with E-state index in [9.17, 15) is 24.3 Å². The molecule has 0 spiro atoms. The first-order valence-electron chi connectivity index (χ1n) is 9.65. The number of aromatic nitrogens is 2. The Morgan fingerprint density at radius 1 is 1.38 bits per heavy atom. The molecule has 2 N–H and O–H groups in total. The second-order valence-corrected chi connectivity index (χ2v) is 10.4. The molecule has 9 nitrogen and oxygen atoms in total. The number of thiophene rings is 1. The third kappa shape index (κ3) is 4.34. The predicted octanol–water partition coefficient (Wildman–Crippen LogP) is 1.22. The van der Waals surface area contributed by atoms with Gasteiger partial charge in [0.15, 0.2) is 5.16 Å². The zero-order chi connectivity index (χ0) is 23.0. The van der Waals surface area contributed by atoms with E-state index in [1.807, 2.05) is 17.5 Å². The minimum Gasteiger partial charge on any atom is -0.477 e. The van der Waals surface area contributed by atoms with Gasteiger partial charge in [0.1, 0.15) is 17.1 Å². The fourth-order valence-electron chi connectivity index (χ4n) is 3.50. The number of aliphatic carboxylic acids is 1. The molecule has 1 saturated heterocycles. The number of nitrogens with zero attached hydrogens (tertiary/aromatic N) is 3. The summed E-state index contributed by atoms with van der Waals surface area (Å²) in [5.74, 6) is -1.19. The summed E-state index contributed by atoms with van der Waals surface area (Å²) in [6.07, 6.45) is 0.185. The number of aryl methyl sites for hydroxylation is 1. The van der Waals surface area contributed by atoms with Crippen LogP contribution in [0, 0.1) is 6.92 Å². The Balaban J connectivity index is 1.48. The molecule has 0 saturated carbocycles. The highest BCUT2D eigenvalue weighted by molar-refractivity contribution is 8.01. The van der Waals surface area contributed by atoms with Gasteiger partial charge in [-0.1, -0.05) is 17.8 Å². The molecule has 2 aromatic heterocycles. The first kappa shape index (κ1) is 22.6. The van der Waals surface area contributed by atoms with E-state index in [1.165, 1.54) is 50.4 Å². The van der Waals surface area contributed by atoms with Gasteiger partial charge >= 0.3 is 5.97 Å². The molecular formula is C20H20N4O5S3. The van der Waals surface area contributed by atoms with E-state index in [2.05, 4.69) is 10.3 Å². The molecule has 2 aromatic rings. The maximum atomic E-state index is 12.8. The van der Waals surface area contributed by atoms with E-state index in [-0.39, 0.29) is 29.3 Å². The summed E-state index contributed by atoms with van der Waals surface area (Å²) in [5.41, 5.74) is 0.925. The molecule has 32 heavy (non-hydrogen) atoms. The molecule has 0 aliphatic carbocycles. The van der Waals surface area contributed by atoms with Crippen LogP contribution in [0.3, 0.4) is 0 Å². The average molecular weight is 493 g/mol. The number of carbonyl (C=O) groups is 3. The van der Waals surface area contributed by atoms with E-state index in [0.29, 0.717) is 22.2 Å². The van der Waals surface area contributed by atoms with Gasteiger partial charge in [0.25, 0.3) is 11.5 Å². The Labute approximate surface area is 195 Å². The molecule has 0 bridgehead atoms. The van der Waals surface area contributed by atoms with Gasteiger partial charge in [-0.2, -0.15) is 0 Å². The van der Waals surface area contributed by atoms with Crippen LogP contribution < -0.4 is 10.9 Å². The predicted molar refractivity (Wildman–Crippen MR) is 123 cm³/mol. The minimum atomic E-state index is -1.19. The van der Waals surface area contributed by atoms with E-state index in [4.69, 9.17) is 0 Å². The lowest BCUT2D eigenvalue weighted by atomic mass is 10.0. The van der Waals surface area contributed by atoms with Gasteiger partial charge < -0.3 is 10.4 Å². The van der Waals surface area contributed by atoms with Crippen LogP contribution in [0.15, 0.2) is 44.8 Å². The number of hydrogen-bond acceptors (Lipinski definition) is 8. The van der Waals surface area contributed by atoms with Crippen molar-refractivity contribution < 1.29 is 19.5 Å². The van der Waals surface area contributed by atoms with Gasteiger partial charge in [-0.15, -0.1) is 23.1 Å². The quantitative estimate of drug-likeness (QED) is 0.336. The van der Waals surface area contributed by atoms with Crippen molar-refractivity contribution in [1.82, 2.24) is 19.8 Å². The van der Waals surface area contributed by atoms with Crippen LogP contribution in [0.1, 0.15) is 10.6 Å². The topological polar surface area (TPSA) is 122 Å². The Kier molecular flexibility index (Phi) is 6.45. The summed E-state index contributed by atoms with van der Waals surface area (Å²) in [7, 11) is 1.61. The lowest BCUT2D eigenvalue weighted by Crippen LogP contribution is -2.70. The van der Waals surface area contributed by atoms with E-state index >= 15 is 0 Å². The molecule has 168 valence electrons. The fraction of sp³-hybridized carbons (Fsp3) is 0.350. The second-order valence-electron chi connectivity index (χ2n) is 7.33. The Hall–Kier alpha value is -2.57. The number of hydrogen-bond donors (Lipinski definition) is 2. The smallest absolute Gasteiger partial charge is 0.352 e. The molecule has 1 fully saturated rings. The van der Waals surface area contributed by atoms with Gasteiger partial charge in [0, 0.05) is 35.2 Å². The van der Waals surface area contributed by atoms with Crippen LogP contribution in [-0.2, 0) is 27.9 Å². The van der Waals surface area contributed by atoms with Crippen molar-refractivity contribution in [3.05, 3.63) is 55.8 Å². The molecule has 0 unspecified atom stereocenters. The molecule has 2 aliphatic heterocycles. The van der Waals surface area contributed by atoms with Crippen LogP contribution in [0.5, 0.6) is 0 Å². The Morgan fingerprint density at radius 2 is 2.16 bits per heavy atom. The molecule has 2 atom stereocenters. The van der Waals surface area contributed by atoms with Crippen molar-refractivity contribution >= 4 is 52.6 Å². The maximum absolute atomic E-state index is 12.8. The van der Waals surface area contributed by atoms with Crippen molar-refractivity contribution in [3.63, 3.8) is 0 Å². The summed E-state index contributed by atoms with van der Waals surface area (Å²) in [6.45, 7) is 1.72. The Morgan fingerprint density at radius 3 is 2.84 bits per heavy atom. The van der Waals surface area contributed by atoms with Crippen LogP contribution >= 0.6 is 34.9 Å². The number of thioether (sulfide) groups is 2.